The van der Waals surface area contributed by atoms with Crippen molar-refractivity contribution in [1.82, 2.24) is 14.9 Å². The van der Waals surface area contributed by atoms with Gasteiger partial charge in [-0.25, -0.2) is 9.97 Å². The van der Waals surface area contributed by atoms with Crippen LogP contribution in [0.1, 0.15) is 33.6 Å². The molecule has 1 aromatic heterocycles. The molecule has 30 heavy (non-hydrogen) atoms. The molecular formula is C18H12F6N4O2. The summed E-state index contributed by atoms with van der Waals surface area (Å²) in [5.41, 5.74) is -3.94. The van der Waals surface area contributed by atoms with Crippen molar-refractivity contribution in [3.63, 3.8) is 0 Å². The number of carbonyl (C=O) groups excluding carboxylic acids is 1. The fraction of sp³-hybridized carbons (Fsp3) is 0.333. The van der Waals surface area contributed by atoms with Crippen molar-refractivity contribution in [1.29, 1.82) is 5.26 Å². The summed E-state index contributed by atoms with van der Waals surface area (Å²) in [6, 6.07) is 2.52. The molecule has 1 atom stereocenters. The molecule has 1 fully saturated rings. The normalized spacial score (nSPS) is 17.0. The molecule has 3 rings (SSSR count). The number of hydrogen-bond acceptors (Lipinski definition) is 5. The van der Waals surface area contributed by atoms with Crippen LogP contribution in [0.4, 0.5) is 26.3 Å². The summed E-state index contributed by atoms with van der Waals surface area (Å²) in [6.07, 6.45) is -7.93. The van der Waals surface area contributed by atoms with Crippen LogP contribution in [0.25, 0.3) is 0 Å². The van der Waals surface area contributed by atoms with Gasteiger partial charge in [0.15, 0.2) is 0 Å². The highest BCUT2D eigenvalue weighted by Gasteiger charge is 2.38. The number of amides is 1. The van der Waals surface area contributed by atoms with Crippen LogP contribution in [-0.2, 0) is 12.4 Å². The Hall–Kier alpha value is -3.36. The number of carbonyl (C=O) groups is 1. The van der Waals surface area contributed by atoms with Gasteiger partial charge in [-0.15, -0.1) is 0 Å². The van der Waals surface area contributed by atoms with E-state index >= 15 is 0 Å². The van der Waals surface area contributed by atoms with Gasteiger partial charge in [0.1, 0.15) is 12.2 Å². The summed E-state index contributed by atoms with van der Waals surface area (Å²) >= 11 is 0. The zero-order chi connectivity index (χ0) is 22.1. The van der Waals surface area contributed by atoms with E-state index in [0.717, 1.165) is 4.90 Å². The first-order chi connectivity index (χ1) is 14.0. The minimum absolute atomic E-state index is 0.0375. The highest BCUT2D eigenvalue weighted by Crippen LogP contribution is 2.36. The van der Waals surface area contributed by atoms with Crippen molar-refractivity contribution in [3.05, 3.63) is 53.0 Å². The van der Waals surface area contributed by atoms with Crippen LogP contribution in [0.15, 0.2) is 30.6 Å². The zero-order valence-corrected chi connectivity index (χ0v) is 15.0. The maximum Gasteiger partial charge on any atom is 0.416 e. The quantitative estimate of drug-likeness (QED) is 0.695. The molecule has 0 radical (unpaired) electrons. The number of alkyl halides is 6. The van der Waals surface area contributed by atoms with Crippen LogP contribution >= 0.6 is 0 Å². The van der Waals surface area contributed by atoms with E-state index in [1.54, 1.807) is 6.07 Å². The maximum absolute atomic E-state index is 13.0. The van der Waals surface area contributed by atoms with E-state index in [1.807, 2.05) is 0 Å². The molecule has 1 aliphatic rings. The smallest absolute Gasteiger partial charge is 0.416 e. The molecule has 0 saturated carbocycles. The first-order valence-corrected chi connectivity index (χ1v) is 8.45. The summed E-state index contributed by atoms with van der Waals surface area (Å²) in [5, 5.41) is 8.98. The summed E-state index contributed by atoms with van der Waals surface area (Å²) in [4.78, 5) is 21.3. The molecule has 1 amide bonds. The maximum atomic E-state index is 13.0. The van der Waals surface area contributed by atoms with Crippen LogP contribution in [0.5, 0.6) is 5.88 Å². The van der Waals surface area contributed by atoms with Crippen molar-refractivity contribution < 1.29 is 35.9 Å². The molecule has 0 N–H and O–H groups in total. The number of nitrogens with zero attached hydrogens (tertiary/aromatic N) is 4. The van der Waals surface area contributed by atoms with Crippen LogP contribution in [0.3, 0.4) is 0 Å². The molecule has 158 valence electrons. The number of aromatic nitrogens is 2. The molecule has 2 aromatic rings. The molecule has 6 nitrogen and oxygen atoms in total. The third-order valence-electron chi connectivity index (χ3n) is 4.32. The van der Waals surface area contributed by atoms with Gasteiger partial charge in [-0.1, -0.05) is 0 Å². The Labute approximate surface area is 165 Å². The number of halogens is 6. The predicted octanol–water partition coefficient (Wildman–Crippen LogP) is 3.68. The molecule has 1 unspecified atom stereocenters. The third-order valence-corrected chi connectivity index (χ3v) is 4.32. The van der Waals surface area contributed by atoms with Gasteiger partial charge in [-0.2, -0.15) is 31.6 Å². The van der Waals surface area contributed by atoms with E-state index in [4.69, 9.17) is 10.00 Å². The molecule has 1 aromatic carbocycles. The third kappa shape index (κ3) is 4.61. The second-order valence-corrected chi connectivity index (χ2v) is 6.40. The van der Waals surface area contributed by atoms with E-state index < -0.39 is 41.1 Å². The number of hydrogen-bond donors (Lipinski definition) is 0. The second-order valence-electron chi connectivity index (χ2n) is 6.40. The number of nitriles is 1. The Bertz CT molecular complexity index is 967. The minimum atomic E-state index is -5.05. The lowest BCUT2D eigenvalue weighted by Crippen LogP contribution is -2.31. The lowest BCUT2D eigenvalue weighted by atomic mass is 10.0. The number of likely N-dealkylation sites (tertiary alicyclic amines) is 1. The van der Waals surface area contributed by atoms with Gasteiger partial charge in [0.2, 0.25) is 5.69 Å². The Kier molecular flexibility index (Phi) is 5.56. The van der Waals surface area contributed by atoms with E-state index in [0.29, 0.717) is 12.1 Å². The number of ether oxygens (including phenoxy) is 1. The molecule has 2 heterocycles. The zero-order valence-electron chi connectivity index (χ0n) is 15.0. The van der Waals surface area contributed by atoms with Crippen LogP contribution < -0.4 is 4.74 Å². The van der Waals surface area contributed by atoms with Crippen molar-refractivity contribution in [2.75, 3.05) is 13.1 Å². The van der Waals surface area contributed by atoms with Gasteiger partial charge in [0.25, 0.3) is 11.8 Å². The molecule has 12 heteroatoms. The van der Waals surface area contributed by atoms with Crippen molar-refractivity contribution >= 4 is 5.91 Å². The fourth-order valence-corrected chi connectivity index (χ4v) is 2.92. The topological polar surface area (TPSA) is 79.1 Å². The van der Waals surface area contributed by atoms with Gasteiger partial charge in [0.05, 0.1) is 17.7 Å². The molecule has 0 bridgehead atoms. The van der Waals surface area contributed by atoms with Crippen molar-refractivity contribution in [3.8, 4) is 11.9 Å². The first-order valence-electron chi connectivity index (χ1n) is 8.45. The van der Waals surface area contributed by atoms with E-state index in [1.165, 1.54) is 12.4 Å². The lowest BCUT2D eigenvalue weighted by Gasteiger charge is -2.19. The highest BCUT2D eigenvalue weighted by molar-refractivity contribution is 5.95. The van der Waals surface area contributed by atoms with Crippen LogP contribution in [-0.4, -0.2) is 40.0 Å². The molecule has 0 aliphatic carbocycles. The largest absolute Gasteiger partial charge is 0.470 e. The first kappa shape index (κ1) is 21.4. The minimum Gasteiger partial charge on any atom is -0.470 e. The predicted molar refractivity (Wildman–Crippen MR) is 88.1 cm³/mol. The second kappa shape index (κ2) is 7.81. The van der Waals surface area contributed by atoms with Crippen LogP contribution in [0.2, 0.25) is 0 Å². The SMILES string of the molecule is N#Cc1nccnc1OC1CCN(C(=O)c2cc(C(F)(F)F)cc(C(F)(F)F)c2)C1. The van der Waals surface area contributed by atoms with E-state index in [-0.39, 0.29) is 37.2 Å². The molecule has 1 saturated heterocycles. The Morgan fingerprint density at radius 2 is 1.67 bits per heavy atom. The number of benzene rings is 1. The summed E-state index contributed by atoms with van der Waals surface area (Å²) in [7, 11) is 0. The van der Waals surface area contributed by atoms with Gasteiger partial charge in [-0.3, -0.25) is 4.79 Å². The average Bonchev–Trinajstić information content (AvgIpc) is 3.14. The Balaban J connectivity index is 1.81. The Morgan fingerprint density at radius 3 is 2.23 bits per heavy atom. The summed E-state index contributed by atoms with van der Waals surface area (Å²) < 4.78 is 83.5. The lowest BCUT2D eigenvalue weighted by molar-refractivity contribution is -0.143. The standard InChI is InChI=1S/C18H12F6N4O2/c19-17(20,21)11-5-10(6-12(7-11)18(22,23)24)16(29)28-4-1-13(9-28)30-15-14(8-25)26-2-3-27-15/h2-3,5-7,13H,1,4,9H2. The highest BCUT2D eigenvalue weighted by atomic mass is 19.4. The van der Waals surface area contributed by atoms with Crippen LogP contribution in [0, 0.1) is 11.3 Å². The van der Waals surface area contributed by atoms with E-state index in [9.17, 15) is 31.1 Å². The number of rotatable bonds is 3. The molecule has 1 aliphatic heterocycles. The molecule has 0 spiro atoms. The van der Waals surface area contributed by atoms with Crippen molar-refractivity contribution in [2.24, 2.45) is 0 Å². The Morgan fingerprint density at radius 1 is 1.07 bits per heavy atom. The monoisotopic (exact) mass is 430 g/mol. The van der Waals surface area contributed by atoms with Gasteiger partial charge in [-0.05, 0) is 18.2 Å². The average molecular weight is 430 g/mol. The molecular weight excluding hydrogens is 418 g/mol. The summed E-state index contributed by atoms with van der Waals surface area (Å²) in [5.74, 6) is -1.06. The van der Waals surface area contributed by atoms with Gasteiger partial charge >= 0.3 is 12.4 Å². The van der Waals surface area contributed by atoms with Gasteiger partial charge in [0, 0.05) is 30.9 Å². The van der Waals surface area contributed by atoms with E-state index in [2.05, 4.69) is 9.97 Å². The summed E-state index contributed by atoms with van der Waals surface area (Å²) in [6.45, 7) is -0.0544. The van der Waals surface area contributed by atoms with Crippen molar-refractivity contribution in [2.45, 2.75) is 24.9 Å². The fourth-order valence-electron chi connectivity index (χ4n) is 2.92. The van der Waals surface area contributed by atoms with Gasteiger partial charge < -0.3 is 9.64 Å².